The van der Waals surface area contributed by atoms with Crippen LogP contribution in [-0.4, -0.2) is 28.4 Å². The van der Waals surface area contributed by atoms with Crippen LogP contribution >= 0.6 is 11.3 Å². The van der Waals surface area contributed by atoms with Crippen molar-refractivity contribution in [3.63, 3.8) is 0 Å². The van der Waals surface area contributed by atoms with Crippen molar-refractivity contribution in [2.24, 2.45) is 4.99 Å². The van der Waals surface area contributed by atoms with Crippen LogP contribution in [0.5, 0.6) is 0 Å². The Labute approximate surface area is 128 Å². The van der Waals surface area contributed by atoms with Crippen molar-refractivity contribution >= 4 is 27.5 Å². The minimum atomic E-state index is -5.19. The first-order chi connectivity index (χ1) is 10.5. The lowest BCUT2D eigenvalue weighted by atomic mass is 10.2. The molecule has 0 atom stereocenters. The average molecular weight is 358 g/mol. The maximum atomic E-state index is 12.7. The van der Waals surface area contributed by atoms with Gasteiger partial charge in [0, 0.05) is 6.54 Å². The SMILES string of the molecule is O=C(N=c1sc2cc(C(F)(F)F)ccc2n1CCO)C(F)(F)F. The van der Waals surface area contributed by atoms with E-state index in [2.05, 4.69) is 4.99 Å². The van der Waals surface area contributed by atoms with Gasteiger partial charge in [-0.15, -0.1) is 0 Å². The second-order valence-corrected chi connectivity index (χ2v) is 5.36. The van der Waals surface area contributed by atoms with Gasteiger partial charge in [-0.1, -0.05) is 11.3 Å². The number of fused-ring (bicyclic) bond motifs is 1. The Morgan fingerprint density at radius 3 is 2.39 bits per heavy atom. The summed E-state index contributed by atoms with van der Waals surface area (Å²) in [4.78, 5) is 13.4. The van der Waals surface area contributed by atoms with Gasteiger partial charge in [-0.3, -0.25) is 4.79 Å². The number of alkyl halides is 6. The van der Waals surface area contributed by atoms with Crippen molar-refractivity contribution in [2.45, 2.75) is 18.9 Å². The Morgan fingerprint density at radius 2 is 1.87 bits per heavy atom. The largest absolute Gasteiger partial charge is 0.473 e. The lowest BCUT2D eigenvalue weighted by Crippen LogP contribution is -2.26. The van der Waals surface area contributed by atoms with Gasteiger partial charge in [0.25, 0.3) is 0 Å². The van der Waals surface area contributed by atoms with Crippen LogP contribution in [0.15, 0.2) is 23.2 Å². The van der Waals surface area contributed by atoms with E-state index < -0.39 is 35.2 Å². The molecule has 1 aromatic carbocycles. The van der Waals surface area contributed by atoms with E-state index in [1.165, 1.54) is 0 Å². The molecule has 1 heterocycles. The molecule has 0 aliphatic carbocycles. The molecule has 1 aromatic heterocycles. The predicted octanol–water partition coefficient (Wildman–Crippen LogP) is 2.70. The van der Waals surface area contributed by atoms with Gasteiger partial charge in [0.1, 0.15) is 0 Å². The van der Waals surface area contributed by atoms with Gasteiger partial charge in [-0.05, 0) is 18.2 Å². The Balaban J connectivity index is 2.67. The zero-order valence-electron chi connectivity index (χ0n) is 11.1. The van der Waals surface area contributed by atoms with Crippen LogP contribution in [0.3, 0.4) is 0 Å². The van der Waals surface area contributed by atoms with Crippen molar-refractivity contribution in [2.75, 3.05) is 6.61 Å². The number of aliphatic hydroxyl groups excluding tert-OH is 1. The van der Waals surface area contributed by atoms with Crippen LogP contribution in [0, 0.1) is 0 Å². The predicted molar refractivity (Wildman–Crippen MR) is 68.5 cm³/mol. The molecule has 0 radical (unpaired) electrons. The number of thiazole rings is 1. The van der Waals surface area contributed by atoms with Gasteiger partial charge in [0.15, 0.2) is 4.80 Å². The zero-order chi connectivity index (χ0) is 17.4. The minimum absolute atomic E-state index is 0.00185. The molecule has 2 rings (SSSR count). The molecule has 0 aliphatic rings. The smallest absolute Gasteiger partial charge is 0.395 e. The third-order valence-electron chi connectivity index (χ3n) is 2.77. The van der Waals surface area contributed by atoms with E-state index in [1.54, 1.807) is 0 Å². The number of hydrogen-bond acceptors (Lipinski definition) is 3. The maximum Gasteiger partial charge on any atom is 0.473 e. The van der Waals surface area contributed by atoms with Gasteiger partial charge < -0.3 is 9.67 Å². The molecule has 0 saturated heterocycles. The summed E-state index contributed by atoms with van der Waals surface area (Å²) in [6.45, 7) is -0.699. The highest BCUT2D eigenvalue weighted by molar-refractivity contribution is 7.16. The van der Waals surface area contributed by atoms with E-state index in [1.807, 2.05) is 0 Å². The maximum absolute atomic E-state index is 12.7. The molecule has 11 heteroatoms. The lowest BCUT2D eigenvalue weighted by molar-refractivity contribution is -0.169. The highest BCUT2D eigenvalue weighted by Crippen LogP contribution is 2.32. The van der Waals surface area contributed by atoms with E-state index in [-0.39, 0.29) is 16.8 Å². The molecule has 0 saturated carbocycles. The fourth-order valence-corrected chi connectivity index (χ4v) is 2.89. The molecule has 2 aromatic rings. The lowest BCUT2D eigenvalue weighted by Gasteiger charge is -2.07. The van der Waals surface area contributed by atoms with Crippen LogP contribution in [-0.2, 0) is 17.5 Å². The van der Waals surface area contributed by atoms with Gasteiger partial charge >= 0.3 is 18.3 Å². The number of hydrogen-bond donors (Lipinski definition) is 1. The standard InChI is InChI=1S/C12H8F6N2O2S/c13-11(14,15)6-1-2-7-8(5-6)23-10(20(7)3-4-21)19-9(22)12(16,17)18/h1-2,5,21H,3-4H2. The fourth-order valence-electron chi connectivity index (χ4n) is 1.80. The molecule has 4 nitrogen and oxygen atoms in total. The summed E-state index contributed by atoms with van der Waals surface area (Å²) >= 11 is 0.503. The molecule has 1 amide bonds. The number of amides is 1. The first-order valence-electron chi connectivity index (χ1n) is 6.01. The first-order valence-corrected chi connectivity index (χ1v) is 6.83. The van der Waals surface area contributed by atoms with Crippen LogP contribution in [0.25, 0.3) is 10.2 Å². The average Bonchev–Trinajstić information content (AvgIpc) is 2.74. The molecule has 0 spiro atoms. The Morgan fingerprint density at radius 1 is 1.22 bits per heavy atom. The summed E-state index contributed by atoms with van der Waals surface area (Å²) in [5.41, 5.74) is -0.832. The van der Waals surface area contributed by atoms with Crippen molar-refractivity contribution in [3.05, 3.63) is 28.6 Å². The van der Waals surface area contributed by atoms with Gasteiger partial charge in [-0.25, -0.2) is 0 Å². The van der Waals surface area contributed by atoms with Crippen LogP contribution < -0.4 is 4.80 Å². The van der Waals surface area contributed by atoms with E-state index >= 15 is 0 Å². The van der Waals surface area contributed by atoms with E-state index in [0.29, 0.717) is 11.3 Å². The van der Waals surface area contributed by atoms with Gasteiger partial charge in [-0.2, -0.15) is 31.3 Å². The Bertz CT molecular complexity index is 802. The molecule has 1 N–H and O–H groups in total. The van der Waals surface area contributed by atoms with E-state index in [4.69, 9.17) is 5.11 Å². The van der Waals surface area contributed by atoms with Crippen molar-refractivity contribution < 1.29 is 36.2 Å². The summed E-state index contributed by atoms with van der Waals surface area (Å²) in [7, 11) is 0. The van der Waals surface area contributed by atoms with Crippen molar-refractivity contribution in [1.82, 2.24) is 4.57 Å². The fraction of sp³-hybridized carbons (Fsp3) is 0.333. The number of rotatable bonds is 2. The molecule has 23 heavy (non-hydrogen) atoms. The third-order valence-corrected chi connectivity index (χ3v) is 3.81. The molecule has 0 fully saturated rings. The summed E-state index contributed by atoms with van der Waals surface area (Å²) in [6, 6.07) is 2.57. The molecule has 0 aliphatic heterocycles. The summed E-state index contributed by atoms with van der Waals surface area (Å²) in [5, 5.41) is 8.95. The molecule has 0 unspecified atom stereocenters. The summed E-state index contributed by atoms with van der Waals surface area (Å²) in [5.74, 6) is -2.37. The quantitative estimate of drug-likeness (QED) is 0.840. The zero-order valence-corrected chi connectivity index (χ0v) is 11.9. The molecule has 126 valence electrons. The van der Waals surface area contributed by atoms with E-state index in [9.17, 15) is 31.1 Å². The summed E-state index contributed by atoms with van der Waals surface area (Å²) in [6.07, 6.45) is -9.80. The van der Waals surface area contributed by atoms with Gasteiger partial charge in [0.05, 0.1) is 22.4 Å². The normalized spacial score (nSPS) is 13.8. The number of carbonyl (C=O) groups is 1. The molecular formula is C12H8F6N2O2S. The first kappa shape index (κ1) is 17.5. The monoisotopic (exact) mass is 358 g/mol. The second kappa shape index (κ2) is 5.96. The highest BCUT2D eigenvalue weighted by atomic mass is 32.1. The van der Waals surface area contributed by atoms with Crippen LogP contribution in [0.2, 0.25) is 0 Å². The third kappa shape index (κ3) is 3.72. The van der Waals surface area contributed by atoms with Crippen LogP contribution in [0.4, 0.5) is 26.3 Å². The Kier molecular flexibility index (Phi) is 4.53. The Hall–Kier alpha value is -1.88. The minimum Gasteiger partial charge on any atom is -0.395 e. The van der Waals surface area contributed by atoms with Crippen molar-refractivity contribution in [1.29, 1.82) is 0 Å². The number of nitrogens with zero attached hydrogens (tertiary/aromatic N) is 2. The number of aliphatic hydroxyl groups is 1. The number of carbonyl (C=O) groups excluding carboxylic acids is 1. The second-order valence-electron chi connectivity index (χ2n) is 4.35. The highest BCUT2D eigenvalue weighted by Gasteiger charge is 2.38. The van der Waals surface area contributed by atoms with Crippen molar-refractivity contribution in [3.8, 4) is 0 Å². The number of benzene rings is 1. The van der Waals surface area contributed by atoms with Crippen LogP contribution in [0.1, 0.15) is 5.56 Å². The number of aromatic nitrogens is 1. The van der Waals surface area contributed by atoms with E-state index in [0.717, 1.165) is 22.8 Å². The number of halogens is 6. The topological polar surface area (TPSA) is 54.6 Å². The van der Waals surface area contributed by atoms with Gasteiger partial charge in [0.2, 0.25) is 0 Å². The molecular weight excluding hydrogens is 350 g/mol. The molecule has 0 bridgehead atoms. The summed E-state index contributed by atoms with van der Waals surface area (Å²) < 4.78 is 75.9.